The third-order valence-electron chi connectivity index (χ3n) is 5.98. The van der Waals surface area contributed by atoms with Crippen LogP contribution in [0.1, 0.15) is 32.7 Å². The van der Waals surface area contributed by atoms with E-state index >= 15 is 0 Å². The SMILES string of the molecule is Cc1cccc(NC(=O)c2ccc(C)c(Nc3cc(-c4ccc(N)cc4)nc4c3C=CC4)c2)c1. The molecule has 34 heavy (non-hydrogen) atoms. The molecule has 1 aliphatic rings. The minimum absolute atomic E-state index is 0.143. The predicted octanol–water partition coefficient (Wildman–Crippen LogP) is 6.51. The van der Waals surface area contributed by atoms with Crippen LogP contribution in [0.3, 0.4) is 0 Å². The second kappa shape index (κ2) is 8.87. The molecule has 0 atom stereocenters. The van der Waals surface area contributed by atoms with Gasteiger partial charge in [0.1, 0.15) is 0 Å². The van der Waals surface area contributed by atoms with Crippen molar-refractivity contribution < 1.29 is 4.79 Å². The third kappa shape index (κ3) is 4.41. The molecule has 168 valence electrons. The summed E-state index contributed by atoms with van der Waals surface area (Å²) < 4.78 is 0. The van der Waals surface area contributed by atoms with E-state index in [9.17, 15) is 4.79 Å². The number of nitrogens with two attached hydrogens (primary N) is 1. The number of hydrogen-bond donors (Lipinski definition) is 3. The van der Waals surface area contributed by atoms with Gasteiger partial charge in [-0.1, -0.05) is 42.5 Å². The molecular weight excluding hydrogens is 420 g/mol. The first-order valence-electron chi connectivity index (χ1n) is 11.3. The maximum absolute atomic E-state index is 12.9. The van der Waals surface area contributed by atoms with E-state index in [4.69, 9.17) is 10.7 Å². The normalized spacial score (nSPS) is 11.8. The smallest absolute Gasteiger partial charge is 0.255 e. The molecule has 4 aromatic rings. The highest BCUT2D eigenvalue weighted by atomic mass is 16.1. The van der Waals surface area contributed by atoms with Gasteiger partial charge < -0.3 is 16.4 Å². The molecule has 0 bridgehead atoms. The lowest BCUT2D eigenvalue weighted by Crippen LogP contribution is -2.12. The number of pyridine rings is 1. The molecule has 1 aromatic heterocycles. The minimum atomic E-state index is -0.143. The highest BCUT2D eigenvalue weighted by molar-refractivity contribution is 6.05. The Balaban J connectivity index is 1.46. The summed E-state index contributed by atoms with van der Waals surface area (Å²) in [5, 5.41) is 6.55. The van der Waals surface area contributed by atoms with Gasteiger partial charge in [-0.2, -0.15) is 0 Å². The fourth-order valence-electron chi connectivity index (χ4n) is 4.11. The summed E-state index contributed by atoms with van der Waals surface area (Å²) in [5.74, 6) is -0.143. The van der Waals surface area contributed by atoms with Gasteiger partial charge in [-0.15, -0.1) is 0 Å². The Hall–Kier alpha value is -4.38. The first kappa shape index (κ1) is 21.5. The average Bonchev–Trinajstić information content (AvgIpc) is 3.30. The second-order valence-electron chi connectivity index (χ2n) is 8.62. The van der Waals surface area contributed by atoms with Crippen molar-refractivity contribution in [3.05, 3.63) is 107 Å². The van der Waals surface area contributed by atoms with Gasteiger partial charge in [0.2, 0.25) is 0 Å². The lowest BCUT2D eigenvalue weighted by Gasteiger charge is -2.16. The number of allylic oxidation sites excluding steroid dienone is 1. The van der Waals surface area contributed by atoms with Gasteiger partial charge in [0.25, 0.3) is 5.91 Å². The molecule has 0 aliphatic heterocycles. The topological polar surface area (TPSA) is 80.0 Å². The monoisotopic (exact) mass is 446 g/mol. The number of aryl methyl sites for hydroxylation is 2. The summed E-state index contributed by atoms with van der Waals surface area (Å²) in [4.78, 5) is 17.8. The van der Waals surface area contributed by atoms with Crippen LogP contribution < -0.4 is 16.4 Å². The zero-order valence-electron chi connectivity index (χ0n) is 19.2. The number of nitrogens with one attached hydrogen (secondary N) is 2. The van der Waals surface area contributed by atoms with Crippen LogP contribution in [0.25, 0.3) is 17.3 Å². The number of hydrogen-bond acceptors (Lipinski definition) is 4. The van der Waals surface area contributed by atoms with E-state index in [2.05, 4.69) is 28.9 Å². The molecule has 0 fully saturated rings. The Bertz CT molecular complexity index is 1420. The molecule has 1 heterocycles. The van der Waals surface area contributed by atoms with E-state index in [-0.39, 0.29) is 5.91 Å². The van der Waals surface area contributed by atoms with Crippen LogP contribution in [0.4, 0.5) is 22.7 Å². The Labute approximate surface area is 199 Å². The number of carbonyl (C=O) groups excluding carboxylic acids is 1. The summed E-state index contributed by atoms with van der Waals surface area (Å²) in [6, 6.07) is 23.3. The van der Waals surface area contributed by atoms with Crippen molar-refractivity contribution in [3.8, 4) is 11.3 Å². The van der Waals surface area contributed by atoms with Crippen molar-refractivity contribution >= 4 is 34.7 Å². The minimum Gasteiger partial charge on any atom is -0.399 e. The van der Waals surface area contributed by atoms with Gasteiger partial charge in [-0.25, -0.2) is 0 Å². The van der Waals surface area contributed by atoms with Gasteiger partial charge in [0.05, 0.1) is 11.4 Å². The number of amides is 1. The summed E-state index contributed by atoms with van der Waals surface area (Å²) in [6.45, 7) is 4.03. The van der Waals surface area contributed by atoms with Crippen molar-refractivity contribution in [1.82, 2.24) is 4.98 Å². The zero-order valence-corrected chi connectivity index (χ0v) is 19.2. The number of nitrogen functional groups attached to an aromatic ring is 1. The third-order valence-corrected chi connectivity index (χ3v) is 5.98. The summed E-state index contributed by atoms with van der Waals surface area (Å²) in [6.07, 6.45) is 5.01. The van der Waals surface area contributed by atoms with Crippen molar-refractivity contribution in [2.75, 3.05) is 16.4 Å². The van der Waals surface area contributed by atoms with E-state index < -0.39 is 0 Å². The molecule has 3 aromatic carbocycles. The lowest BCUT2D eigenvalue weighted by atomic mass is 10.1. The summed E-state index contributed by atoms with van der Waals surface area (Å²) >= 11 is 0. The molecule has 4 N–H and O–H groups in total. The van der Waals surface area contributed by atoms with Gasteiger partial charge in [-0.05, 0) is 67.4 Å². The van der Waals surface area contributed by atoms with Gasteiger partial charge in [0, 0.05) is 45.9 Å². The fourth-order valence-corrected chi connectivity index (χ4v) is 4.11. The van der Waals surface area contributed by atoms with E-state index in [1.54, 1.807) is 0 Å². The number of nitrogens with zero attached hydrogens (tertiary/aromatic N) is 1. The molecule has 0 spiro atoms. The number of fused-ring (bicyclic) bond motifs is 1. The largest absolute Gasteiger partial charge is 0.399 e. The first-order chi connectivity index (χ1) is 16.5. The summed E-state index contributed by atoms with van der Waals surface area (Å²) in [7, 11) is 0. The van der Waals surface area contributed by atoms with Crippen LogP contribution in [-0.4, -0.2) is 10.9 Å². The molecule has 1 aliphatic carbocycles. The van der Waals surface area contributed by atoms with E-state index in [1.165, 1.54) is 0 Å². The maximum atomic E-state index is 12.9. The average molecular weight is 447 g/mol. The van der Waals surface area contributed by atoms with E-state index in [1.807, 2.05) is 80.6 Å². The van der Waals surface area contributed by atoms with Crippen LogP contribution in [0.15, 0.2) is 78.9 Å². The molecule has 0 unspecified atom stereocenters. The van der Waals surface area contributed by atoms with Crippen molar-refractivity contribution in [3.63, 3.8) is 0 Å². The number of anilines is 4. The Morgan fingerprint density at radius 2 is 1.76 bits per heavy atom. The maximum Gasteiger partial charge on any atom is 0.255 e. The number of aromatic nitrogens is 1. The molecule has 5 nitrogen and oxygen atoms in total. The highest BCUT2D eigenvalue weighted by Gasteiger charge is 2.16. The quantitative estimate of drug-likeness (QED) is 0.305. The Kier molecular flexibility index (Phi) is 5.60. The number of rotatable bonds is 5. The second-order valence-corrected chi connectivity index (χ2v) is 8.62. The predicted molar refractivity (Wildman–Crippen MR) is 140 cm³/mol. The molecule has 0 saturated carbocycles. The molecular formula is C29H26N4O. The van der Waals surface area contributed by atoms with Crippen molar-refractivity contribution in [2.45, 2.75) is 20.3 Å². The molecule has 0 saturated heterocycles. The molecule has 0 radical (unpaired) electrons. The molecule has 1 amide bonds. The number of carbonyl (C=O) groups is 1. The van der Waals surface area contributed by atoms with Crippen LogP contribution in [0.5, 0.6) is 0 Å². The van der Waals surface area contributed by atoms with Crippen LogP contribution >= 0.6 is 0 Å². The van der Waals surface area contributed by atoms with Gasteiger partial charge >= 0.3 is 0 Å². The van der Waals surface area contributed by atoms with Gasteiger partial charge in [-0.3, -0.25) is 9.78 Å². The van der Waals surface area contributed by atoms with Gasteiger partial charge in [0.15, 0.2) is 0 Å². The van der Waals surface area contributed by atoms with Crippen LogP contribution in [0.2, 0.25) is 0 Å². The summed E-state index contributed by atoms with van der Waals surface area (Å²) in [5.41, 5.74) is 16.0. The standard InChI is InChI=1S/C29H26N4O/c1-18-5-3-6-23(15-18)31-29(34)21-10-9-19(2)26(16-21)33-28-17-27(20-11-13-22(30)14-12-20)32-25-8-4-7-24(25)28/h3-7,9-17H,8,30H2,1-2H3,(H,31,34)(H,32,33). The Morgan fingerprint density at radius 3 is 2.56 bits per heavy atom. The van der Waals surface area contributed by atoms with Crippen molar-refractivity contribution in [1.29, 1.82) is 0 Å². The molecule has 5 rings (SSSR count). The number of benzene rings is 3. The van der Waals surface area contributed by atoms with Crippen LogP contribution in [0, 0.1) is 13.8 Å². The van der Waals surface area contributed by atoms with Crippen molar-refractivity contribution in [2.24, 2.45) is 0 Å². The first-order valence-corrected chi connectivity index (χ1v) is 11.3. The van der Waals surface area contributed by atoms with E-state index in [0.29, 0.717) is 5.56 Å². The molecule has 5 heteroatoms. The Morgan fingerprint density at radius 1 is 0.941 bits per heavy atom. The lowest BCUT2D eigenvalue weighted by molar-refractivity contribution is 0.102. The zero-order chi connectivity index (χ0) is 23.7. The van der Waals surface area contributed by atoms with Crippen LogP contribution in [-0.2, 0) is 6.42 Å². The highest BCUT2D eigenvalue weighted by Crippen LogP contribution is 2.34. The van der Waals surface area contributed by atoms with E-state index in [0.717, 1.165) is 62.8 Å². The fraction of sp³-hybridized carbons (Fsp3) is 0.103.